The topological polar surface area (TPSA) is 30.5 Å². The average molecular weight is 201 g/mol. The van der Waals surface area contributed by atoms with Crippen LogP contribution < -0.4 is 5.32 Å². The molecule has 0 radical (unpaired) electrons. The first kappa shape index (κ1) is 12.0. The van der Waals surface area contributed by atoms with E-state index in [1.807, 2.05) is 0 Å². The average Bonchev–Trinajstić information content (AvgIpc) is 2.64. The Bertz CT molecular complexity index is 140. The van der Waals surface area contributed by atoms with Gasteiger partial charge in [-0.25, -0.2) is 0 Å². The van der Waals surface area contributed by atoms with Crippen molar-refractivity contribution >= 4 is 0 Å². The number of nitrogens with one attached hydrogen (secondary N) is 1. The first-order valence-electron chi connectivity index (χ1n) is 5.63. The van der Waals surface area contributed by atoms with Gasteiger partial charge < -0.3 is 14.8 Å². The summed E-state index contributed by atoms with van der Waals surface area (Å²) in [7, 11) is 0. The zero-order valence-electron chi connectivity index (χ0n) is 9.58. The lowest BCUT2D eigenvalue weighted by Crippen LogP contribution is -2.34. The molecule has 84 valence electrons. The first-order chi connectivity index (χ1) is 6.70. The minimum Gasteiger partial charge on any atom is -0.379 e. The van der Waals surface area contributed by atoms with Gasteiger partial charge in [0.2, 0.25) is 0 Å². The molecule has 0 spiro atoms. The molecule has 0 aromatic rings. The molecule has 0 aromatic carbocycles. The zero-order chi connectivity index (χ0) is 10.4. The van der Waals surface area contributed by atoms with Gasteiger partial charge in [-0.3, -0.25) is 0 Å². The van der Waals surface area contributed by atoms with Gasteiger partial charge in [-0.1, -0.05) is 13.8 Å². The second-order valence-corrected chi connectivity index (χ2v) is 4.34. The van der Waals surface area contributed by atoms with E-state index in [0.717, 1.165) is 32.8 Å². The highest BCUT2D eigenvalue weighted by Gasteiger charge is 2.15. The SMILES string of the molecule is CC(C)C(C)NCCOC1CCOC1. The molecule has 1 aliphatic heterocycles. The van der Waals surface area contributed by atoms with Gasteiger partial charge in [0.05, 0.1) is 19.3 Å². The van der Waals surface area contributed by atoms with Crippen LogP contribution in [0.2, 0.25) is 0 Å². The molecular weight excluding hydrogens is 178 g/mol. The van der Waals surface area contributed by atoms with Crippen molar-refractivity contribution in [2.24, 2.45) is 5.92 Å². The summed E-state index contributed by atoms with van der Waals surface area (Å²) in [6.45, 7) is 10.0. The van der Waals surface area contributed by atoms with Crippen LogP contribution in [-0.4, -0.2) is 38.5 Å². The Morgan fingerprint density at radius 2 is 2.21 bits per heavy atom. The fraction of sp³-hybridized carbons (Fsp3) is 1.00. The minimum atomic E-state index is 0.339. The summed E-state index contributed by atoms with van der Waals surface area (Å²) in [6, 6.07) is 0.568. The van der Waals surface area contributed by atoms with Crippen molar-refractivity contribution in [3.05, 3.63) is 0 Å². The molecule has 1 heterocycles. The van der Waals surface area contributed by atoms with E-state index < -0.39 is 0 Å². The Labute approximate surface area is 87.2 Å². The summed E-state index contributed by atoms with van der Waals surface area (Å²) < 4.78 is 10.9. The van der Waals surface area contributed by atoms with Crippen molar-refractivity contribution < 1.29 is 9.47 Å². The molecule has 3 heteroatoms. The predicted octanol–water partition coefficient (Wildman–Crippen LogP) is 1.43. The van der Waals surface area contributed by atoms with Crippen molar-refractivity contribution in [1.29, 1.82) is 0 Å². The molecule has 1 fully saturated rings. The van der Waals surface area contributed by atoms with E-state index in [9.17, 15) is 0 Å². The lowest BCUT2D eigenvalue weighted by Gasteiger charge is -2.18. The maximum absolute atomic E-state index is 5.65. The Kier molecular flexibility index (Phi) is 5.45. The third kappa shape index (κ3) is 4.40. The molecule has 2 unspecified atom stereocenters. The molecule has 1 N–H and O–H groups in total. The van der Waals surface area contributed by atoms with Gasteiger partial charge in [0.15, 0.2) is 0 Å². The summed E-state index contributed by atoms with van der Waals surface area (Å²) in [5.74, 6) is 0.685. The lowest BCUT2D eigenvalue weighted by molar-refractivity contribution is 0.0432. The maximum atomic E-state index is 5.65. The van der Waals surface area contributed by atoms with Gasteiger partial charge in [-0.05, 0) is 19.3 Å². The molecule has 0 saturated carbocycles. The second-order valence-electron chi connectivity index (χ2n) is 4.34. The van der Waals surface area contributed by atoms with Crippen LogP contribution in [0.4, 0.5) is 0 Å². The van der Waals surface area contributed by atoms with Gasteiger partial charge in [0, 0.05) is 19.2 Å². The summed E-state index contributed by atoms with van der Waals surface area (Å²) in [6.07, 6.45) is 1.39. The van der Waals surface area contributed by atoms with Crippen molar-refractivity contribution in [2.75, 3.05) is 26.4 Å². The van der Waals surface area contributed by atoms with E-state index in [1.54, 1.807) is 0 Å². The molecule has 0 aliphatic carbocycles. The van der Waals surface area contributed by atoms with Gasteiger partial charge in [-0.2, -0.15) is 0 Å². The predicted molar refractivity (Wildman–Crippen MR) is 57.5 cm³/mol. The molecule has 14 heavy (non-hydrogen) atoms. The van der Waals surface area contributed by atoms with Crippen molar-refractivity contribution in [3.8, 4) is 0 Å². The molecule has 2 atom stereocenters. The standard InChI is InChI=1S/C11H23NO2/c1-9(2)10(3)12-5-7-14-11-4-6-13-8-11/h9-12H,4-8H2,1-3H3. The quantitative estimate of drug-likeness (QED) is 0.659. The third-order valence-electron chi connectivity index (χ3n) is 2.81. The number of hydrogen-bond acceptors (Lipinski definition) is 3. The molecule has 0 bridgehead atoms. The molecule has 0 amide bonds. The monoisotopic (exact) mass is 201 g/mol. The van der Waals surface area contributed by atoms with E-state index in [1.165, 1.54) is 0 Å². The summed E-state index contributed by atoms with van der Waals surface area (Å²) >= 11 is 0. The highest BCUT2D eigenvalue weighted by Crippen LogP contribution is 2.07. The Morgan fingerprint density at radius 1 is 1.43 bits per heavy atom. The number of ether oxygens (including phenoxy) is 2. The van der Waals surface area contributed by atoms with Crippen molar-refractivity contribution in [2.45, 2.75) is 39.3 Å². The van der Waals surface area contributed by atoms with Crippen LogP contribution in [0.15, 0.2) is 0 Å². The lowest BCUT2D eigenvalue weighted by atomic mass is 10.1. The fourth-order valence-corrected chi connectivity index (χ4v) is 1.39. The van der Waals surface area contributed by atoms with Crippen LogP contribution in [0, 0.1) is 5.92 Å². The van der Waals surface area contributed by atoms with Crippen LogP contribution in [-0.2, 0) is 9.47 Å². The van der Waals surface area contributed by atoms with Gasteiger partial charge in [-0.15, -0.1) is 0 Å². The minimum absolute atomic E-state index is 0.339. The molecule has 3 nitrogen and oxygen atoms in total. The normalized spacial score (nSPS) is 24.4. The van der Waals surface area contributed by atoms with E-state index in [0.29, 0.717) is 18.1 Å². The Balaban J connectivity index is 1.93. The molecule has 1 aliphatic rings. The molecule has 1 rings (SSSR count). The molecule has 1 saturated heterocycles. The smallest absolute Gasteiger partial charge is 0.0831 e. The maximum Gasteiger partial charge on any atom is 0.0831 e. The van der Waals surface area contributed by atoms with E-state index in [-0.39, 0.29) is 0 Å². The fourth-order valence-electron chi connectivity index (χ4n) is 1.39. The first-order valence-corrected chi connectivity index (χ1v) is 5.63. The van der Waals surface area contributed by atoms with E-state index >= 15 is 0 Å². The van der Waals surface area contributed by atoms with Crippen molar-refractivity contribution in [3.63, 3.8) is 0 Å². The molecular formula is C11H23NO2. The highest BCUT2D eigenvalue weighted by molar-refractivity contribution is 4.66. The second kappa shape index (κ2) is 6.38. The Morgan fingerprint density at radius 3 is 2.79 bits per heavy atom. The summed E-state index contributed by atoms with van der Waals surface area (Å²) in [4.78, 5) is 0. The zero-order valence-corrected chi connectivity index (χ0v) is 9.58. The van der Waals surface area contributed by atoms with Gasteiger partial charge in [0.1, 0.15) is 0 Å². The van der Waals surface area contributed by atoms with Gasteiger partial charge >= 0.3 is 0 Å². The number of rotatable bonds is 6. The molecule has 0 aromatic heterocycles. The van der Waals surface area contributed by atoms with Crippen LogP contribution in [0.25, 0.3) is 0 Å². The van der Waals surface area contributed by atoms with Crippen LogP contribution in [0.1, 0.15) is 27.2 Å². The third-order valence-corrected chi connectivity index (χ3v) is 2.81. The van der Waals surface area contributed by atoms with Gasteiger partial charge in [0.25, 0.3) is 0 Å². The van der Waals surface area contributed by atoms with E-state index in [2.05, 4.69) is 26.1 Å². The highest BCUT2D eigenvalue weighted by atomic mass is 16.5. The number of hydrogen-bond donors (Lipinski definition) is 1. The Hall–Kier alpha value is -0.120. The van der Waals surface area contributed by atoms with Crippen LogP contribution in [0.3, 0.4) is 0 Å². The van der Waals surface area contributed by atoms with Crippen LogP contribution in [0.5, 0.6) is 0 Å². The van der Waals surface area contributed by atoms with Crippen LogP contribution >= 0.6 is 0 Å². The summed E-state index contributed by atoms with van der Waals surface area (Å²) in [5.41, 5.74) is 0. The van der Waals surface area contributed by atoms with E-state index in [4.69, 9.17) is 9.47 Å². The van der Waals surface area contributed by atoms with Crippen molar-refractivity contribution in [1.82, 2.24) is 5.32 Å². The largest absolute Gasteiger partial charge is 0.379 e. The summed E-state index contributed by atoms with van der Waals surface area (Å²) in [5, 5.41) is 3.44.